The Morgan fingerprint density at radius 1 is 1.11 bits per heavy atom. The van der Waals surface area contributed by atoms with Crippen LogP contribution in [0.5, 0.6) is 5.75 Å². The quantitative estimate of drug-likeness (QED) is 0.770. The normalized spacial score (nSPS) is 12.4. The number of benzene rings is 1. The van der Waals surface area contributed by atoms with Crippen molar-refractivity contribution in [1.82, 2.24) is 0 Å². The summed E-state index contributed by atoms with van der Waals surface area (Å²) in [6.45, 7) is 8.08. The van der Waals surface area contributed by atoms with Crippen LogP contribution in [-0.2, 0) is 9.53 Å². The lowest BCUT2D eigenvalue weighted by Gasteiger charge is -2.22. The molecule has 0 aliphatic rings. The van der Waals surface area contributed by atoms with Crippen molar-refractivity contribution in [3.63, 3.8) is 0 Å². The van der Waals surface area contributed by atoms with Crippen LogP contribution < -0.4 is 4.74 Å². The number of esters is 1. The average Bonchev–Trinajstić information content (AvgIpc) is 2.34. The van der Waals surface area contributed by atoms with Gasteiger partial charge in [-0.25, -0.2) is 0 Å². The molecule has 0 amide bonds. The third-order valence-electron chi connectivity index (χ3n) is 3.46. The van der Waals surface area contributed by atoms with Crippen molar-refractivity contribution in [2.45, 2.75) is 33.6 Å². The van der Waals surface area contributed by atoms with E-state index in [0.29, 0.717) is 0 Å². The SMILES string of the molecule is COC(=O)C(c1ccc(OC)c(C)c1C)C(C)C. The molecule has 0 aliphatic carbocycles. The minimum atomic E-state index is -0.223. The highest BCUT2D eigenvalue weighted by molar-refractivity contribution is 5.79. The lowest BCUT2D eigenvalue weighted by Crippen LogP contribution is -2.20. The van der Waals surface area contributed by atoms with Crippen LogP contribution >= 0.6 is 0 Å². The second-order valence-corrected chi connectivity index (χ2v) is 4.85. The zero-order valence-electron chi connectivity index (χ0n) is 12.0. The summed E-state index contributed by atoms with van der Waals surface area (Å²) in [4.78, 5) is 11.9. The van der Waals surface area contributed by atoms with E-state index in [1.165, 1.54) is 7.11 Å². The Balaban J connectivity index is 3.30. The molecular formula is C15H22O3. The summed E-state index contributed by atoms with van der Waals surface area (Å²) >= 11 is 0. The number of hydrogen-bond donors (Lipinski definition) is 0. The maximum atomic E-state index is 11.9. The van der Waals surface area contributed by atoms with Gasteiger partial charge in [0.15, 0.2) is 0 Å². The lowest BCUT2D eigenvalue weighted by atomic mass is 9.84. The van der Waals surface area contributed by atoms with Gasteiger partial charge in [0.2, 0.25) is 0 Å². The molecule has 18 heavy (non-hydrogen) atoms. The van der Waals surface area contributed by atoms with Gasteiger partial charge in [0.25, 0.3) is 0 Å². The van der Waals surface area contributed by atoms with E-state index < -0.39 is 0 Å². The molecule has 3 nitrogen and oxygen atoms in total. The van der Waals surface area contributed by atoms with Crippen LogP contribution in [0, 0.1) is 19.8 Å². The summed E-state index contributed by atoms with van der Waals surface area (Å²) in [7, 11) is 3.09. The van der Waals surface area contributed by atoms with Crippen molar-refractivity contribution >= 4 is 5.97 Å². The first-order valence-corrected chi connectivity index (χ1v) is 6.15. The van der Waals surface area contributed by atoms with Gasteiger partial charge in [0.05, 0.1) is 20.1 Å². The monoisotopic (exact) mass is 250 g/mol. The molecule has 0 saturated heterocycles. The Kier molecular flexibility index (Phi) is 4.76. The van der Waals surface area contributed by atoms with Crippen molar-refractivity contribution < 1.29 is 14.3 Å². The highest BCUT2D eigenvalue weighted by Gasteiger charge is 2.27. The van der Waals surface area contributed by atoms with E-state index in [1.807, 2.05) is 39.8 Å². The van der Waals surface area contributed by atoms with Crippen LogP contribution in [0.1, 0.15) is 36.5 Å². The molecule has 3 heteroatoms. The second-order valence-electron chi connectivity index (χ2n) is 4.85. The number of rotatable bonds is 4. The molecule has 0 bridgehead atoms. The minimum Gasteiger partial charge on any atom is -0.496 e. The van der Waals surface area contributed by atoms with Crippen molar-refractivity contribution in [3.05, 3.63) is 28.8 Å². The first-order chi connectivity index (χ1) is 8.43. The molecule has 1 aromatic rings. The van der Waals surface area contributed by atoms with Crippen molar-refractivity contribution in [2.24, 2.45) is 5.92 Å². The molecule has 0 aromatic heterocycles. The number of methoxy groups -OCH3 is 2. The van der Waals surface area contributed by atoms with Gasteiger partial charge in [0.1, 0.15) is 5.75 Å². The van der Waals surface area contributed by atoms with Gasteiger partial charge in [-0.2, -0.15) is 0 Å². The average molecular weight is 250 g/mol. The fourth-order valence-electron chi connectivity index (χ4n) is 2.26. The van der Waals surface area contributed by atoms with E-state index in [0.717, 1.165) is 22.4 Å². The smallest absolute Gasteiger partial charge is 0.313 e. The van der Waals surface area contributed by atoms with Gasteiger partial charge in [-0.15, -0.1) is 0 Å². The van der Waals surface area contributed by atoms with Gasteiger partial charge in [-0.1, -0.05) is 19.9 Å². The van der Waals surface area contributed by atoms with E-state index in [1.54, 1.807) is 7.11 Å². The number of ether oxygens (including phenoxy) is 2. The number of carbonyl (C=O) groups is 1. The van der Waals surface area contributed by atoms with Crippen LogP contribution in [0.4, 0.5) is 0 Å². The number of hydrogen-bond acceptors (Lipinski definition) is 3. The molecule has 1 atom stereocenters. The molecule has 0 aliphatic heterocycles. The van der Waals surface area contributed by atoms with E-state index in [4.69, 9.17) is 9.47 Å². The minimum absolute atomic E-state index is 0.183. The fraction of sp³-hybridized carbons (Fsp3) is 0.533. The molecule has 0 radical (unpaired) electrons. The molecular weight excluding hydrogens is 228 g/mol. The Bertz CT molecular complexity index is 436. The van der Waals surface area contributed by atoms with Crippen molar-refractivity contribution in [1.29, 1.82) is 0 Å². The van der Waals surface area contributed by atoms with E-state index in [2.05, 4.69) is 0 Å². The summed E-state index contributed by atoms with van der Waals surface area (Å²) in [6.07, 6.45) is 0. The lowest BCUT2D eigenvalue weighted by molar-refractivity contribution is -0.143. The van der Waals surface area contributed by atoms with Gasteiger partial charge in [-0.3, -0.25) is 4.79 Å². The predicted octanol–water partition coefficient (Wildman–Crippen LogP) is 3.22. The highest BCUT2D eigenvalue weighted by atomic mass is 16.5. The van der Waals surface area contributed by atoms with E-state index in [9.17, 15) is 4.79 Å². The van der Waals surface area contributed by atoms with Crippen LogP contribution in [0.2, 0.25) is 0 Å². The fourth-order valence-corrected chi connectivity index (χ4v) is 2.26. The van der Waals surface area contributed by atoms with E-state index in [-0.39, 0.29) is 17.8 Å². The molecule has 0 saturated carbocycles. The summed E-state index contributed by atoms with van der Waals surface area (Å²) in [5.41, 5.74) is 3.19. The Morgan fingerprint density at radius 2 is 1.72 bits per heavy atom. The second kappa shape index (κ2) is 5.89. The summed E-state index contributed by atoms with van der Waals surface area (Å²) in [5.74, 6) is 0.643. The molecule has 0 fully saturated rings. The molecule has 0 N–H and O–H groups in total. The van der Waals surface area contributed by atoms with Gasteiger partial charge >= 0.3 is 5.97 Å². The molecule has 0 spiro atoms. The first-order valence-electron chi connectivity index (χ1n) is 6.15. The number of carbonyl (C=O) groups excluding carboxylic acids is 1. The van der Waals surface area contributed by atoms with Gasteiger partial charge in [-0.05, 0) is 42.5 Å². The summed E-state index contributed by atoms with van der Waals surface area (Å²) in [6, 6.07) is 3.87. The largest absolute Gasteiger partial charge is 0.496 e. The van der Waals surface area contributed by atoms with Crippen LogP contribution in [-0.4, -0.2) is 20.2 Å². The predicted molar refractivity (Wildman–Crippen MR) is 72.1 cm³/mol. The maximum absolute atomic E-state index is 11.9. The van der Waals surface area contributed by atoms with Crippen LogP contribution in [0.3, 0.4) is 0 Å². The summed E-state index contributed by atoms with van der Waals surface area (Å²) in [5, 5.41) is 0. The van der Waals surface area contributed by atoms with E-state index >= 15 is 0 Å². The van der Waals surface area contributed by atoms with Crippen molar-refractivity contribution in [2.75, 3.05) is 14.2 Å². The Hall–Kier alpha value is -1.51. The highest BCUT2D eigenvalue weighted by Crippen LogP contribution is 2.33. The third-order valence-corrected chi connectivity index (χ3v) is 3.46. The topological polar surface area (TPSA) is 35.5 Å². The van der Waals surface area contributed by atoms with Gasteiger partial charge < -0.3 is 9.47 Å². The van der Waals surface area contributed by atoms with Gasteiger partial charge in [0, 0.05) is 0 Å². The van der Waals surface area contributed by atoms with Crippen LogP contribution in [0.15, 0.2) is 12.1 Å². The third kappa shape index (κ3) is 2.66. The molecule has 1 aromatic carbocycles. The molecule has 1 rings (SSSR count). The van der Waals surface area contributed by atoms with Crippen LogP contribution in [0.25, 0.3) is 0 Å². The summed E-state index contributed by atoms with van der Waals surface area (Å²) < 4.78 is 10.2. The van der Waals surface area contributed by atoms with Crippen molar-refractivity contribution in [3.8, 4) is 5.75 Å². The molecule has 1 unspecified atom stereocenters. The zero-order valence-corrected chi connectivity index (χ0v) is 12.0. The molecule has 100 valence electrons. The Labute approximate surface area is 109 Å². The zero-order chi connectivity index (χ0) is 13.9. The first kappa shape index (κ1) is 14.6. The standard InChI is InChI=1S/C15H22O3/c1-9(2)14(15(16)18-6)12-7-8-13(17-5)11(4)10(12)3/h7-9,14H,1-6H3. The maximum Gasteiger partial charge on any atom is 0.313 e. The Morgan fingerprint density at radius 3 is 2.17 bits per heavy atom. The molecule has 0 heterocycles.